The molecule has 1 aromatic heterocycles. The fraction of sp³-hybridized carbons (Fsp3) is 0.0476. The summed E-state index contributed by atoms with van der Waals surface area (Å²) in [6, 6.07) is 17.6. The van der Waals surface area contributed by atoms with Crippen LogP contribution in [-0.4, -0.2) is 18.0 Å². The van der Waals surface area contributed by atoms with Gasteiger partial charge in [-0.2, -0.15) is 0 Å². The Balaban J connectivity index is 1.61. The van der Waals surface area contributed by atoms with E-state index in [1.54, 1.807) is 55.6 Å². The van der Waals surface area contributed by atoms with Crippen LogP contribution in [-0.2, 0) is 0 Å². The second-order valence-electron chi connectivity index (χ2n) is 6.01. The largest absolute Gasteiger partial charge is 0.497 e. The van der Waals surface area contributed by atoms with Gasteiger partial charge in [-0.05, 0) is 60.7 Å². The predicted molar refractivity (Wildman–Crippen MR) is 113 cm³/mol. The molecule has 1 heterocycles. The lowest BCUT2D eigenvalue weighted by molar-refractivity contribution is 0.102. The van der Waals surface area contributed by atoms with Crippen molar-refractivity contribution >= 4 is 50.2 Å². The molecule has 0 aliphatic heterocycles. The van der Waals surface area contributed by atoms with Gasteiger partial charge in [-0.15, -0.1) is 0 Å². The number of anilines is 1. The molecule has 0 aliphatic rings. The maximum atomic E-state index is 12.4. The summed E-state index contributed by atoms with van der Waals surface area (Å²) in [6.45, 7) is 0. The number of carbonyl (C=O) groups excluding carboxylic acids is 1. The first kappa shape index (κ1) is 18.5. The van der Waals surface area contributed by atoms with Gasteiger partial charge in [0.15, 0.2) is 5.58 Å². The van der Waals surface area contributed by atoms with Crippen molar-refractivity contribution < 1.29 is 13.9 Å². The molecule has 0 bridgehead atoms. The third-order valence-corrected chi connectivity index (χ3v) is 4.98. The van der Waals surface area contributed by atoms with Gasteiger partial charge >= 0.3 is 0 Å². The molecular formula is C21H14BrClN2O3. The molecule has 3 aromatic carbocycles. The fourth-order valence-electron chi connectivity index (χ4n) is 2.73. The summed E-state index contributed by atoms with van der Waals surface area (Å²) < 4.78 is 11.8. The number of nitrogens with zero attached hydrogens (tertiary/aromatic N) is 1. The van der Waals surface area contributed by atoms with E-state index in [0.29, 0.717) is 44.6 Å². The first-order valence-electron chi connectivity index (χ1n) is 8.35. The molecule has 0 fully saturated rings. The summed E-state index contributed by atoms with van der Waals surface area (Å²) in [4.78, 5) is 16.9. The van der Waals surface area contributed by atoms with E-state index in [1.165, 1.54) is 0 Å². The predicted octanol–water partition coefficient (Wildman–Crippen LogP) is 6.17. The zero-order valence-electron chi connectivity index (χ0n) is 14.7. The summed E-state index contributed by atoms with van der Waals surface area (Å²) >= 11 is 9.69. The highest BCUT2D eigenvalue weighted by atomic mass is 79.9. The van der Waals surface area contributed by atoms with Gasteiger partial charge < -0.3 is 14.5 Å². The van der Waals surface area contributed by atoms with Gasteiger partial charge in [0.2, 0.25) is 5.89 Å². The van der Waals surface area contributed by atoms with Gasteiger partial charge in [-0.25, -0.2) is 4.98 Å². The van der Waals surface area contributed by atoms with Crippen molar-refractivity contribution in [3.63, 3.8) is 0 Å². The number of ether oxygens (including phenoxy) is 1. The Hall–Kier alpha value is -2.83. The second kappa shape index (κ2) is 7.66. The van der Waals surface area contributed by atoms with Crippen LogP contribution in [0.5, 0.6) is 5.75 Å². The Morgan fingerprint density at radius 2 is 1.89 bits per heavy atom. The van der Waals surface area contributed by atoms with Crippen molar-refractivity contribution in [2.75, 3.05) is 12.4 Å². The third-order valence-electron chi connectivity index (χ3n) is 4.16. The van der Waals surface area contributed by atoms with Gasteiger partial charge in [0, 0.05) is 15.7 Å². The van der Waals surface area contributed by atoms with Crippen LogP contribution in [0.2, 0.25) is 5.02 Å². The number of methoxy groups -OCH3 is 1. The number of aromatic nitrogens is 1. The lowest BCUT2D eigenvalue weighted by atomic mass is 10.2. The number of amides is 1. The van der Waals surface area contributed by atoms with Crippen LogP contribution in [0.1, 0.15) is 10.4 Å². The SMILES string of the molecule is COc1ccc(C(=O)Nc2ccc3oc(-c4cc(Br)ccc4Cl)nc3c2)cc1. The van der Waals surface area contributed by atoms with E-state index in [9.17, 15) is 4.79 Å². The fourth-order valence-corrected chi connectivity index (χ4v) is 3.29. The molecule has 5 nitrogen and oxygen atoms in total. The number of fused-ring (bicyclic) bond motifs is 1. The first-order valence-corrected chi connectivity index (χ1v) is 9.52. The number of hydrogen-bond donors (Lipinski definition) is 1. The summed E-state index contributed by atoms with van der Waals surface area (Å²) in [5.74, 6) is 0.889. The summed E-state index contributed by atoms with van der Waals surface area (Å²) in [7, 11) is 1.58. The topological polar surface area (TPSA) is 64.4 Å². The zero-order chi connectivity index (χ0) is 19.7. The molecule has 1 amide bonds. The maximum absolute atomic E-state index is 12.4. The molecule has 4 aromatic rings. The number of benzene rings is 3. The Bertz CT molecular complexity index is 1170. The van der Waals surface area contributed by atoms with Crippen LogP contribution in [0.15, 0.2) is 69.6 Å². The number of rotatable bonds is 4. The van der Waals surface area contributed by atoms with Crippen LogP contribution in [0.3, 0.4) is 0 Å². The average molecular weight is 458 g/mol. The van der Waals surface area contributed by atoms with Gasteiger partial charge in [-0.3, -0.25) is 4.79 Å². The van der Waals surface area contributed by atoms with Crippen LogP contribution in [0, 0.1) is 0 Å². The molecule has 0 saturated heterocycles. The number of halogens is 2. The second-order valence-corrected chi connectivity index (χ2v) is 7.33. The third kappa shape index (κ3) is 3.74. The maximum Gasteiger partial charge on any atom is 0.255 e. The molecule has 0 aliphatic carbocycles. The van der Waals surface area contributed by atoms with Crippen molar-refractivity contribution in [1.29, 1.82) is 0 Å². The van der Waals surface area contributed by atoms with Crippen LogP contribution in [0.4, 0.5) is 5.69 Å². The summed E-state index contributed by atoms with van der Waals surface area (Å²) in [6.07, 6.45) is 0. The minimum atomic E-state index is -0.222. The molecule has 0 spiro atoms. The summed E-state index contributed by atoms with van der Waals surface area (Å²) in [5.41, 5.74) is 3.07. The number of nitrogens with one attached hydrogen (secondary N) is 1. The normalized spacial score (nSPS) is 10.8. The van der Waals surface area contributed by atoms with Crippen LogP contribution in [0.25, 0.3) is 22.6 Å². The standard InChI is InChI=1S/C21H14BrClN2O3/c1-27-15-6-2-12(3-7-15)20(26)24-14-5-9-19-18(11-14)25-21(28-19)16-10-13(22)4-8-17(16)23/h2-11H,1H3,(H,24,26). The molecule has 0 radical (unpaired) electrons. The lowest BCUT2D eigenvalue weighted by Crippen LogP contribution is -2.11. The first-order chi connectivity index (χ1) is 13.5. The van der Waals surface area contributed by atoms with E-state index in [2.05, 4.69) is 26.2 Å². The molecule has 4 rings (SSSR count). The van der Waals surface area contributed by atoms with Gasteiger partial charge in [0.1, 0.15) is 11.3 Å². The Morgan fingerprint density at radius 1 is 1.11 bits per heavy atom. The van der Waals surface area contributed by atoms with Gasteiger partial charge in [0.05, 0.1) is 17.7 Å². The molecule has 7 heteroatoms. The zero-order valence-corrected chi connectivity index (χ0v) is 17.0. The van der Waals surface area contributed by atoms with E-state index in [-0.39, 0.29) is 5.91 Å². The molecule has 140 valence electrons. The van der Waals surface area contributed by atoms with Gasteiger partial charge in [0.25, 0.3) is 5.91 Å². The molecule has 0 atom stereocenters. The van der Waals surface area contributed by atoms with Crippen LogP contribution < -0.4 is 10.1 Å². The van der Waals surface area contributed by atoms with Crippen molar-refractivity contribution in [2.24, 2.45) is 0 Å². The highest BCUT2D eigenvalue weighted by molar-refractivity contribution is 9.10. The monoisotopic (exact) mass is 456 g/mol. The average Bonchev–Trinajstić information content (AvgIpc) is 3.13. The lowest BCUT2D eigenvalue weighted by Gasteiger charge is -2.06. The van der Waals surface area contributed by atoms with Crippen molar-refractivity contribution in [1.82, 2.24) is 4.98 Å². The highest BCUT2D eigenvalue weighted by Crippen LogP contribution is 2.33. The smallest absolute Gasteiger partial charge is 0.255 e. The van der Waals surface area contributed by atoms with Gasteiger partial charge in [-0.1, -0.05) is 27.5 Å². The minimum Gasteiger partial charge on any atom is -0.497 e. The van der Waals surface area contributed by atoms with E-state index in [4.69, 9.17) is 20.8 Å². The quantitative estimate of drug-likeness (QED) is 0.398. The number of hydrogen-bond acceptors (Lipinski definition) is 4. The Kier molecular flexibility index (Phi) is 5.07. The Labute approximate surface area is 174 Å². The van der Waals surface area contributed by atoms with E-state index in [0.717, 1.165) is 4.47 Å². The van der Waals surface area contributed by atoms with E-state index in [1.807, 2.05) is 12.1 Å². The van der Waals surface area contributed by atoms with Crippen molar-refractivity contribution in [2.45, 2.75) is 0 Å². The van der Waals surface area contributed by atoms with Crippen LogP contribution >= 0.6 is 27.5 Å². The molecule has 0 saturated carbocycles. The number of carbonyl (C=O) groups is 1. The Morgan fingerprint density at radius 3 is 2.64 bits per heavy atom. The highest BCUT2D eigenvalue weighted by Gasteiger charge is 2.13. The number of oxazole rings is 1. The van der Waals surface area contributed by atoms with E-state index >= 15 is 0 Å². The molecule has 0 unspecified atom stereocenters. The summed E-state index contributed by atoms with van der Waals surface area (Å²) in [5, 5.41) is 3.41. The van der Waals surface area contributed by atoms with E-state index < -0.39 is 0 Å². The molecule has 1 N–H and O–H groups in total. The molecular weight excluding hydrogens is 444 g/mol. The molecule has 28 heavy (non-hydrogen) atoms. The van der Waals surface area contributed by atoms with Crippen molar-refractivity contribution in [3.8, 4) is 17.2 Å². The van der Waals surface area contributed by atoms with Crippen molar-refractivity contribution in [3.05, 3.63) is 75.7 Å². The minimum absolute atomic E-state index is 0.222.